The summed E-state index contributed by atoms with van der Waals surface area (Å²) in [6.45, 7) is 3.50. The van der Waals surface area contributed by atoms with Crippen molar-refractivity contribution < 1.29 is 19.5 Å². The van der Waals surface area contributed by atoms with Gasteiger partial charge in [-0.3, -0.25) is 28.5 Å². The number of thiocarbonyl (C=S) groups is 1. The number of amides is 2. The molecule has 0 unspecified atom stereocenters. The van der Waals surface area contributed by atoms with Crippen LogP contribution in [0.2, 0.25) is 0 Å². The van der Waals surface area contributed by atoms with Gasteiger partial charge < -0.3 is 15.7 Å². The summed E-state index contributed by atoms with van der Waals surface area (Å²) in [5, 5.41) is 8.71. The van der Waals surface area contributed by atoms with E-state index in [1.807, 2.05) is 17.9 Å². The summed E-state index contributed by atoms with van der Waals surface area (Å²) in [6.07, 6.45) is 12.5. The van der Waals surface area contributed by atoms with Gasteiger partial charge in [0.1, 0.15) is 15.8 Å². The van der Waals surface area contributed by atoms with Gasteiger partial charge in [0.2, 0.25) is 5.91 Å². The van der Waals surface area contributed by atoms with Crippen molar-refractivity contribution in [3.63, 3.8) is 0 Å². The molecule has 0 atom stereocenters. The van der Waals surface area contributed by atoms with E-state index in [4.69, 9.17) is 28.0 Å². The summed E-state index contributed by atoms with van der Waals surface area (Å²) in [6, 6.07) is 3.70. The minimum Gasteiger partial charge on any atom is -0.481 e. The first-order valence-corrected chi connectivity index (χ1v) is 15.9. The Morgan fingerprint density at radius 2 is 1.74 bits per heavy atom. The summed E-state index contributed by atoms with van der Waals surface area (Å²) < 4.78 is 1.99. The van der Waals surface area contributed by atoms with Crippen LogP contribution in [0, 0.1) is 12.8 Å². The van der Waals surface area contributed by atoms with Gasteiger partial charge in [-0.1, -0.05) is 68.6 Å². The van der Waals surface area contributed by atoms with E-state index in [0.717, 1.165) is 56.9 Å². The monoisotopic (exact) mass is 613 g/mol. The Bertz CT molecular complexity index is 1430. The van der Waals surface area contributed by atoms with Crippen molar-refractivity contribution >= 4 is 63.6 Å². The molecule has 2 fully saturated rings. The fourth-order valence-corrected chi connectivity index (χ4v) is 6.76. The molecule has 4 rings (SSSR count). The van der Waals surface area contributed by atoms with E-state index in [1.165, 1.54) is 16.2 Å². The number of piperidine rings is 1. The lowest BCUT2D eigenvalue weighted by Gasteiger charge is -2.32. The molecular formula is C30H39N5O5S2. The fraction of sp³-hybridized carbons (Fsp3) is 0.533. The van der Waals surface area contributed by atoms with Gasteiger partial charge in [-0.15, -0.1) is 0 Å². The molecule has 226 valence electrons. The van der Waals surface area contributed by atoms with Gasteiger partial charge in [-0.25, -0.2) is 4.98 Å². The predicted octanol–water partition coefficient (Wildman–Crippen LogP) is 4.50. The van der Waals surface area contributed by atoms with Crippen molar-refractivity contribution in [2.24, 2.45) is 11.7 Å². The predicted molar refractivity (Wildman–Crippen MR) is 169 cm³/mol. The van der Waals surface area contributed by atoms with Crippen molar-refractivity contribution in [3.05, 3.63) is 44.7 Å². The Morgan fingerprint density at radius 3 is 2.38 bits per heavy atom. The Hall–Kier alpha value is -3.25. The topological polar surface area (TPSA) is 138 Å². The maximum absolute atomic E-state index is 13.7. The Morgan fingerprint density at radius 1 is 1.10 bits per heavy atom. The van der Waals surface area contributed by atoms with E-state index in [-0.39, 0.29) is 29.7 Å². The standard InChI is InChI=1S/C30H39N5O5S2/c1-20-11-10-16-34-26(20)32-27(33-17-13-21(14-18-33)25(31)38)22(28(34)39)19-23-29(40)35(30(41)42-23)15-9-7-5-3-2-4-6-8-12-24(36)37/h10-11,16,19,21H,2-9,12-15,17-18H2,1H3,(H2,31,38)(H,36,37)/b23-19+. The number of carboxylic acids is 1. The van der Waals surface area contributed by atoms with Crippen molar-refractivity contribution in [1.29, 1.82) is 0 Å². The number of fused-ring (bicyclic) bond motifs is 1. The van der Waals surface area contributed by atoms with Gasteiger partial charge in [0.05, 0.1) is 10.5 Å². The summed E-state index contributed by atoms with van der Waals surface area (Å²) in [7, 11) is 0. The van der Waals surface area contributed by atoms with E-state index in [1.54, 1.807) is 23.2 Å². The van der Waals surface area contributed by atoms with Crippen molar-refractivity contribution in [3.8, 4) is 0 Å². The van der Waals surface area contributed by atoms with Crippen LogP contribution in [0.25, 0.3) is 11.7 Å². The number of hydrogen-bond acceptors (Lipinski definition) is 8. The number of aryl methyl sites for hydroxylation is 1. The van der Waals surface area contributed by atoms with Crippen LogP contribution < -0.4 is 16.2 Å². The number of carboxylic acid groups (broad SMARTS) is 1. The van der Waals surface area contributed by atoms with Crippen LogP contribution in [0.5, 0.6) is 0 Å². The Kier molecular flexibility index (Phi) is 11.1. The highest BCUT2D eigenvalue weighted by Gasteiger charge is 2.33. The zero-order chi connectivity index (χ0) is 30.2. The minimum absolute atomic E-state index is 0.199. The van der Waals surface area contributed by atoms with Gasteiger partial charge in [0, 0.05) is 38.2 Å². The van der Waals surface area contributed by atoms with Crippen molar-refractivity contribution in [2.75, 3.05) is 24.5 Å². The second-order valence-electron chi connectivity index (χ2n) is 11.0. The van der Waals surface area contributed by atoms with Gasteiger partial charge in [0.15, 0.2) is 0 Å². The fourth-order valence-electron chi connectivity index (χ4n) is 5.47. The molecule has 2 aliphatic heterocycles. The van der Waals surface area contributed by atoms with Gasteiger partial charge in [-0.05, 0) is 50.3 Å². The number of aliphatic carboxylic acids is 1. The number of nitrogens with zero attached hydrogens (tertiary/aromatic N) is 4. The van der Waals surface area contributed by atoms with Crippen LogP contribution in [0.4, 0.5) is 5.82 Å². The van der Waals surface area contributed by atoms with Crippen LogP contribution in [-0.2, 0) is 14.4 Å². The number of pyridine rings is 1. The first kappa shape index (κ1) is 31.7. The van der Waals surface area contributed by atoms with E-state index < -0.39 is 5.97 Å². The van der Waals surface area contributed by atoms with Crippen LogP contribution >= 0.6 is 24.0 Å². The third-order valence-corrected chi connectivity index (χ3v) is 9.31. The molecular weight excluding hydrogens is 574 g/mol. The number of hydrogen-bond donors (Lipinski definition) is 2. The minimum atomic E-state index is -0.737. The van der Waals surface area contributed by atoms with Crippen LogP contribution in [-0.4, -0.2) is 61.1 Å². The molecule has 0 aromatic carbocycles. The molecule has 2 saturated heterocycles. The van der Waals surface area contributed by atoms with Gasteiger partial charge in [-0.2, -0.15) is 0 Å². The second-order valence-corrected chi connectivity index (χ2v) is 12.7. The molecule has 0 spiro atoms. The number of carbonyl (C=O) groups is 3. The quantitative estimate of drug-likeness (QED) is 0.179. The first-order valence-electron chi connectivity index (χ1n) is 14.7. The first-order chi connectivity index (χ1) is 20.2. The van der Waals surface area contributed by atoms with Gasteiger partial charge in [0.25, 0.3) is 11.5 Å². The molecule has 10 nitrogen and oxygen atoms in total. The molecule has 0 aliphatic carbocycles. The lowest BCUT2D eigenvalue weighted by molar-refractivity contribution is -0.137. The number of thioether (sulfide) groups is 1. The summed E-state index contributed by atoms with van der Waals surface area (Å²) in [4.78, 5) is 58.3. The lowest BCUT2D eigenvalue weighted by Crippen LogP contribution is -2.40. The lowest BCUT2D eigenvalue weighted by atomic mass is 9.96. The summed E-state index contributed by atoms with van der Waals surface area (Å²) >= 11 is 6.75. The molecule has 0 bridgehead atoms. The number of rotatable bonds is 14. The van der Waals surface area contributed by atoms with E-state index in [0.29, 0.717) is 58.7 Å². The van der Waals surface area contributed by atoms with E-state index >= 15 is 0 Å². The molecule has 0 radical (unpaired) electrons. The summed E-state index contributed by atoms with van der Waals surface area (Å²) in [5.41, 5.74) is 7.02. The van der Waals surface area contributed by atoms with Crippen LogP contribution in [0.15, 0.2) is 28.0 Å². The normalized spacial score (nSPS) is 17.1. The van der Waals surface area contributed by atoms with Gasteiger partial charge >= 0.3 is 5.97 Å². The molecule has 2 amide bonds. The largest absolute Gasteiger partial charge is 0.481 e. The SMILES string of the molecule is Cc1cccn2c(=O)c(/C=C3/SC(=S)N(CCCCCCCCCCC(=O)O)C3=O)c(N3CCC(C(N)=O)CC3)nc12. The highest BCUT2D eigenvalue weighted by molar-refractivity contribution is 8.26. The smallest absolute Gasteiger partial charge is 0.303 e. The second kappa shape index (κ2) is 14.8. The maximum Gasteiger partial charge on any atom is 0.303 e. The molecule has 12 heteroatoms. The number of carbonyl (C=O) groups excluding carboxylic acids is 2. The molecule has 4 heterocycles. The number of anilines is 1. The molecule has 0 saturated carbocycles. The molecule has 3 N–H and O–H groups in total. The zero-order valence-electron chi connectivity index (χ0n) is 24.0. The van der Waals surface area contributed by atoms with E-state index in [2.05, 4.69) is 0 Å². The molecule has 2 aromatic heterocycles. The highest BCUT2D eigenvalue weighted by atomic mass is 32.2. The van der Waals surface area contributed by atoms with Crippen molar-refractivity contribution in [1.82, 2.24) is 14.3 Å². The average Bonchev–Trinajstić information content (AvgIpc) is 3.23. The highest BCUT2D eigenvalue weighted by Crippen LogP contribution is 2.34. The molecule has 2 aromatic rings. The number of unbranched alkanes of at least 4 members (excludes halogenated alkanes) is 7. The summed E-state index contributed by atoms with van der Waals surface area (Å²) in [5.74, 6) is -0.943. The molecule has 2 aliphatic rings. The number of aromatic nitrogens is 2. The van der Waals surface area contributed by atoms with Crippen molar-refractivity contribution in [2.45, 2.75) is 77.6 Å². The third-order valence-electron chi connectivity index (χ3n) is 7.93. The van der Waals surface area contributed by atoms with Crippen LogP contribution in [0.3, 0.4) is 0 Å². The van der Waals surface area contributed by atoms with E-state index in [9.17, 15) is 19.2 Å². The zero-order valence-corrected chi connectivity index (χ0v) is 25.7. The Labute approximate surface area is 255 Å². The average molecular weight is 614 g/mol. The Balaban J connectivity index is 1.43. The third kappa shape index (κ3) is 7.77. The number of nitrogens with two attached hydrogens (primary N) is 1. The van der Waals surface area contributed by atoms with Crippen LogP contribution in [0.1, 0.15) is 81.8 Å². The molecule has 42 heavy (non-hydrogen) atoms. The number of primary amides is 1. The maximum atomic E-state index is 13.7.